The van der Waals surface area contributed by atoms with Gasteiger partial charge in [0.2, 0.25) is 0 Å². The zero-order valence-corrected chi connectivity index (χ0v) is 18.5. The quantitative estimate of drug-likeness (QED) is 0.450. The number of imide groups is 1. The standard InChI is InChI=1S/C25H20N4O5/c1-15-16(2)29(17-8-4-3-5-9-17)23(20(15)12-26)27-21(30)14-34-22(31)13-28-24(32)18-10-6-7-11-19(18)25(28)33/h3-11H,13-14H2,1-2H3,(H,27,30). The van der Waals surface area contributed by atoms with Crippen molar-refractivity contribution in [2.75, 3.05) is 18.5 Å². The molecule has 34 heavy (non-hydrogen) atoms. The Hall–Kier alpha value is -4.71. The number of fused-ring (bicyclic) bond motifs is 1. The third-order valence-corrected chi connectivity index (χ3v) is 5.63. The average Bonchev–Trinajstić information content (AvgIpc) is 3.22. The van der Waals surface area contributed by atoms with Crippen LogP contribution in [-0.2, 0) is 14.3 Å². The number of esters is 1. The van der Waals surface area contributed by atoms with Gasteiger partial charge in [0.15, 0.2) is 6.61 Å². The van der Waals surface area contributed by atoms with E-state index in [-0.39, 0.29) is 16.9 Å². The van der Waals surface area contributed by atoms with Crippen LogP contribution < -0.4 is 5.32 Å². The lowest BCUT2D eigenvalue weighted by molar-refractivity contribution is -0.147. The second-order valence-corrected chi connectivity index (χ2v) is 7.67. The van der Waals surface area contributed by atoms with E-state index in [9.17, 15) is 24.4 Å². The number of nitriles is 1. The van der Waals surface area contributed by atoms with Crippen LogP contribution in [0.1, 0.15) is 37.5 Å². The van der Waals surface area contributed by atoms with Crippen molar-refractivity contribution in [2.24, 2.45) is 0 Å². The molecule has 4 rings (SSSR count). The van der Waals surface area contributed by atoms with Crippen molar-refractivity contribution in [3.8, 4) is 11.8 Å². The summed E-state index contributed by atoms with van der Waals surface area (Å²) in [5.74, 6) is -2.48. The van der Waals surface area contributed by atoms with Crippen LogP contribution >= 0.6 is 0 Å². The minimum atomic E-state index is -0.907. The molecule has 0 spiro atoms. The summed E-state index contributed by atoms with van der Waals surface area (Å²) in [7, 11) is 0. The number of para-hydroxylation sites is 1. The van der Waals surface area contributed by atoms with Crippen LogP contribution in [0.3, 0.4) is 0 Å². The Kier molecular flexibility index (Phi) is 5.97. The van der Waals surface area contributed by atoms with E-state index in [0.717, 1.165) is 16.3 Å². The minimum Gasteiger partial charge on any atom is -0.454 e. The molecule has 0 atom stereocenters. The number of nitrogens with zero attached hydrogens (tertiary/aromatic N) is 3. The molecule has 9 nitrogen and oxygen atoms in total. The summed E-state index contributed by atoms with van der Waals surface area (Å²) in [6.07, 6.45) is 0. The summed E-state index contributed by atoms with van der Waals surface area (Å²) in [4.78, 5) is 50.4. The van der Waals surface area contributed by atoms with Crippen molar-refractivity contribution in [2.45, 2.75) is 13.8 Å². The maximum Gasteiger partial charge on any atom is 0.326 e. The van der Waals surface area contributed by atoms with Gasteiger partial charge in [0.25, 0.3) is 17.7 Å². The second kappa shape index (κ2) is 9.03. The van der Waals surface area contributed by atoms with Gasteiger partial charge < -0.3 is 10.1 Å². The fourth-order valence-electron chi connectivity index (χ4n) is 3.83. The maximum atomic E-state index is 12.6. The fraction of sp³-hybridized carbons (Fsp3) is 0.160. The third kappa shape index (κ3) is 3.93. The van der Waals surface area contributed by atoms with Gasteiger partial charge in [-0.05, 0) is 43.7 Å². The zero-order valence-electron chi connectivity index (χ0n) is 18.5. The van der Waals surface area contributed by atoms with Gasteiger partial charge in [-0.25, -0.2) is 0 Å². The number of amides is 3. The first kappa shape index (κ1) is 22.5. The molecule has 1 aromatic heterocycles. The number of carbonyl (C=O) groups is 4. The first-order chi connectivity index (χ1) is 16.3. The monoisotopic (exact) mass is 456 g/mol. The number of rotatable bonds is 6. The molecule has 0 aliphatic carbocycles. The molecule has 2 heterocycles. The summed E-state index contributed by atoms with van der Waals surface area (Å²) >= 11 is 0. The smallest absolute Gasteiger partial charge is 0.326 e. The predicted octanol–water partition coefficient (Wildman–Crippen LogP) is 2.74. The molecule has 1 N–H and O–H groups in total. The molecule has 0 radical (unpaired) electrons. The highest BCUT2D eigenvalue weighted by molar-refractivity contribution is 6.22. The lowest BCUT2D eigenvalue weighted by atomic mass is 10.1. The van der Waals surface area contributed by atoms with Gasteiger partial charge >= 0.3 is 5.97 Å². The Balaban J connectivity index is 1.44. The first-order valence-electron chi connectivity index (χ1n) is 10.4. The van der Waals surface area contributed by atoms with Crippen LogP contribution in [0.5, 0.6) is 0 Å². The summed E-state index contributed by atoms with van der Waals surface area (Å²) < 4.78 is 6.74. The summed E-state index contributed by atoms with van der Waals surface area (Å²) in [5, 5.41) is 12.3. The summed E-state index contributed by atoms with van der Waals surface area (Å²) in [5.41, 5.74) is 2.98. The van der Waals surface area contributed by atoms with E-state index in [1.165, 1.54) is 12.1 Å². The van der Waals surface area contributed by atoms with Gasteiger partial charge in [-0.2, -0.15) is 5.26 Å². The SMILES string of the molecule is Cc1c(C#N)c(NC(=O)COC(=O)CN2C(=O)c3ccccc3C2=O)n(-c2ccccc2)c1C. The van der Waals surface area contributed by atoms with E-state index >= 15 is 0 Å². The number of aromatic nitrogens is 1. The molecule has 1 aliphatic rings. The van der Waals surface area contributed by atoms with E-state index in [1.54, 1.807) is 23.6 Å². The Bertz CT molecular complexity index is 1330. The molecule has 0 saturated heterocycles. The van der Waals surface area contributed by atoms with Crippen LogP contribution in [0.2, 0.25) is 0 Å². The van der Waals surface area contributed by atoms with E-state index in [0.29, 0.717) is 11.1 Å². The van der Waals surface area contributed by atoms with Crippen LogP contribution in [0.4, 0.5) is 5.82 Å². The molecular weight excluding hydrogens is 436 g/mol. The van der Waals surface area contributed by atoms with Crippen molar-refractivity contribution in [1.29, 1.82) is 5.26 Å². The van der Waals surface area contributed by atoms with Crippen molar-refractivity contribution >= 4 is 29.5 Å². The molecular formula is C25H20N4O5. The number of carbonyl (C=O) groups excluding carboxylic acids is 4. The van der Waals surface area contributed by atoms with Gasteiger partial charge in [-0.3, -0.25) is 28.6 Å². The highest BCUT2D eigenvalue weighted by Gasteiger charge is 2.36. The molecule has 0 bridgehead atoms. The Labute approximate surface area is 195 Å². The number of nitrogens with one attached hydrogen (secondary N) is 1. The largest absolute Gasteiger partial charge is 0.454 e. The number of hydrogen-bond donors (Lipinski definition) is 1. The van der Waals surface area contributed by atoms with Crippen molar-refractivity contribution in [1.82, 2.24) is 9.47 Å². The van der Waals surface area contributed by atoms with E-state index in [1.807, 2.05) is 37.3 Å². The van der Waals surface area contributed by atoms with Crippen molar-refractivity contribution < 1.29 is 23.9 Å². The highest BCUT2D eigenvalue weighted by atomic mass is 16.5. The summed E-state index contributed by atoms with van der Waals surface area (Å²) in [6.45, 7) is 2.36. The topological polar surface area (TPSA) is 122 Å². The van der Waals surface area contributed by atoms with Gasteiger partial charge in [-0.1, -0.05) is 30.3 Å². The zero-order chi connectivity index (χ0) is 24.4. The Morgan fingerprint density at radius 2 is 1.56 bits per heavy atom. The van der Waals surface area contributed by atoms with E-state index in [2.05, 4.69) is 11.4 Å². The number of ether oxygens (including phenoxy) is 1. The van der Waals surface area contributed by atoms with Crippen molar-refractivity contribution in [3.05, 3.63) is 82.5 Å². The van der Waals surface area contributed by atoms with Gasteiger partial charge in [0.1, 0.15) is 18.4 Å². The first-order valence-corrected chi connectivity index (χ1v) is 10.4. The summed E-state index contributed by atoms with van der Waals surface area (Å²) in [6, 6.07) is 17.6. The molecule has 0 unspecified atom stereocenters. The molecule has 0 saturated carbocycles. The maximum absolute atomic E-state index is 12.6. The fourth-order valence-corrected chi connectivity index (χ4v) is 3.83. The molecule has 3 amide bonds. The average molecular weight is 456 g/mol. The predicted molar refractivity (Wildman–Crippen MR) is 121 cm³/mol. The number of anilines is 1. The van der Waals surface area contributed by atoms with Crippen LogP contribution in [-0.4, -0.2) is 46.3 Å². The number of hydrogen-bond acceptors (Lipinski definition) is 6. The third-order valence-electron chi connectivity index (χ3n) is 5.63. The van der Waals surface area contributed by atoms with E-state index < -0.39 is 36.8 Å². The Morgan fingerprint density at radius 3 is 2.15 bits per heavy atom. The van der Waals surface area contributed by atoms with Crippen molar-refractivity contribution in [3.63, 3.8) is 0 Å². The molecule has 2 aromatic carbocycles. The second-order valence-electron chi connectivity index (χ2n) is 7.67. The molecule has 1 aliphatic heterocycles. The highest BCUT2D eigenvalue weighted by Crippen LogP contribution is 2.30. The van der Waals surface area contributed by atoms with E-state index in [4.69, 9.17) is 4.74 Å². The van der Waals surface area contributed by atoms with Crippen LogP contribution in [0, 0.1) is 25.2 Å². The minimum absolute atomic E-state index is 0.217. The lowest BCUT2D eigenvalue weighted by Gasteiger charge is -2.14. The van der Waals surface area contributed by atoms with Gasteiger partial charge in [-0.15, -0.1) is 0 Å². The molecule has 3 aromatic rings. The van der Waals surface area contributed by atoms with Gasteiger partial charge in [0.05, 0.1) is 16.7 Å². The molecule has 9 heteroatoms. The van der Waals surface area contributed by atoms with Gasteiger partial charge in [0, 0.05) is 11.4 Å². The van der Waals surface area contributed by atoms with Crippen LogP contribution in [0.25, 0.3) is 5.69 Å². The molecule has 0 fully saturated rings. The Morgan fingerprint density at radius 1 is 0.971 bits per heavy atom. The molecule has 170 valence electrons. The van der Waals surface area contributed by atoms with Crippen LogP contribution in [0.15, 0.2) is 54.6 Å². The number of benzene rings is 2. The normalized spacial score (nSPS) is 12.3. The lowest BCUT2D eigenvalue weighted by Crippen LogP contribution is -2.36.